The number of amides is 3. The van der Waals surface area contributed by atoms with Gasteiger partial charge in [-0.05, 0) is 25.2 Å². The van der Waals surface area contributed by atoms with Gasteiger partial charge in [-0.2, -0.15) is 0 Å². The first-order valence-corrected chi connectivity index (χ1v) is 8.28. The fourth-order valence-electron chi connectivity index (χ4n) is 3.59. The number of carbonyl (C=O) groups excluding carboxylic acids is 3. The van der Waals surface area contributed by atoms with E-state index in [9.17, 15) is 14.4 Å². The first-order valence-electron chi connectivity index (χ1n) is 8.28. The second-order valence-corrected chi connectivity index (χ2v) is 6.89. The molecule has 1 saturated heterocycles. The lowest BCUT2D eigenvalue weighted by Gasteiger charge is -2.21. The van der Waals surface area contributed by atoms with Gasteiger partial charge in [-0.15, -0.1) is 0 Å². The summed E-state index contributed by atoms with van der Waals surface area (Å²) in [5.41, 5.74) is 5.67. The van der Waals surface area contributed by atoms with E-state index in [0.717, 1.165) is 37.0 Å². The van der Waals surface area contributed by atoms with Crippen molar-refractivity contribution in [1.82, 2.24) is 10.2 Å². The van der Waals surface area contributed by atoms with Crippen molar-refractivity contribution < 1.29 is 14.4 Å². The van der Waals surface area contributed by atoms with Crippen molar-refractivity contribution in [3.05, 3.63) is 0 Å². The van der Waals surface area contributed by atoms with Crippen molar-refractivity contribution >= 4 is 17.7 Å². The molecular weight excluding hydrogens is 282 g/mol. The highest BCUT2D eigenvalue weighted by Crippen LogP contribution is 2.37. The number of fused-ring (bicyclic) bond motifs is 1. The van der Waals surface area contributed by atoms with Crippen LogP contribution in [0.1, 0.15) is 46.0 Å². The summed E-state index contributed by atoms with van der Waals surface area (Å²) in [6.07, 6.45) is 4.31. The van der Waals surface area contributed by atoms with E-state index >= 15 is 0 Å². The number of nitrogens with one attached hydrogen (secondary N) is 1. The van der Waals surface area contributed by atoms with Crippen molar-refractivity contribution in [1.29, 1.82) is 0 Å². The summed E-state index contributed by atoms with van der Waals surface area (Å²) in [6, 6.07) is -0.109. The van der Waals surface area contributed by atoms with Gasteiger partial charge in [0.2, 0.25) is 17.7 Å². The van der Waals surface area contributed by atoms with Crippen LogP contribution >= 0.6 is 0 Å². The van der Waals surface area contributed by atoms with Gasteiger partial charge in [-0.3, -0.25) is 19.3 Å². The molecule has 0 radical (unpaired) electrons. The van der Waals surface area contributed by atoms with E-state index in [-0.39, 0.29) is 42.1 Å². The van der Waals surface area contributed by atoms with Crippen molar-refractivity contribution in [2.75, 3.05) is 13.1 Å². The average Bonchev–Trinajstić information content (AvgIpc) is 2.72. The summed E-state index contributed by atoms with van der Waals surface area (Å²) < 4.78 is 0. The molecule has 0 aromatic carbocycles. The van der Waals surface area contributed by atoms with Crippen LogP contribution in [0.2, 0.25) is 0 Å². The lowest BCUT2D eigenvalue weighted by molar-refractivity contribution is -0.143. The third-order valence-electron chi connectivity index (χ3n) is 4.64. The number of imide groups is 1. The summed E-state index contributed by atoms with van der Waals surface area (Å²) in [5, 5.41) is 2.84. The van der Waals surface area contributed by atoms with E-state index in [0.29, 0.717) is 12.5 Å². The minimum atomic E-state index is -0.295. The van der Waals surface area contributed by atoms with Crippen LogP contribution in [-0.2, 0) is 14.4 Å². The maximum atomic E-state index is 12.3. The van der Waals surface area contributed by atoms with E-state index in [1.165, 1.54) is 0 Å². The fraction of sp³-hybridized carbons (Fsp3) is 0.812. The number of hydrogen-bond donors (Lipinski definition) is 2. The molecule has 6 heteroatoms. The molecule has 1 heterocycles. The van der Waals surface area contributed by atoms with Crippen LogP contribution in [0.3, 0.4) is 0 Å². The summed E-state index contributed by atoms with van der Waals surface area (Å²) in [5.74, 6) is -0.607. The van der Waals surface area contributed by atoms with E-state index in [1.807, 2.05) is 0 Å². The Bertz CT molecular complexity index is 426. The lowest BCUT2D eigenvalue weighted by atomic mass is 9.81. The zero-order valence-electron chi connectivity index (χ0n) is 13.5. The van der Waals surface area contributed by atoms with Crippen LogP contribution in [0.15, 0.2) is 0 Å². The van der Waals surface area contributed by atoms with Crippen LogP contribution in [0.25, 0.3) is 0 Å². The molecule has 1 saturated carbocycles. The minimum Gasteiger partial charge on any atom is -0.351 e. The maximum absolute atomic E-state index is 12.3. The van der Waals surface area contributed by atoms with Crippen LogP contribution in [0.5, 0.6) is 0 Å². The molecule has 3 unspecified atom stereocenters. The summed E-state index contributed by atoms with van der Waals surface area (Å²) in [6.45, 7) is 4.32. The van der Waals surface area contributed by atoms with E-state index in [4.69, 9.17) is 5.73 Å². The molecule has 3 amide bonds. The molecule has 2 aliphatic rings. The molecule has 22 heavy (non-hydrogen) atoms. The van der Waals surface area contributed by atoms with Crippen LogP contribution < -0.4 is 11.1 Å². The number of nitrogens with zero attached hydrogens (tertiary/aromatic N) is 1. The Morgan fingerprint density at radius 1 is 1.23 bits per heavy atom. The predicted molar refractivity (Wildman–Crippen MR) is 82.6 cm³/mol. The predicted octanol–water partition coefficient (Wildman–Crippen LogP) is 0.651. The molecule has 3 atom stereocenters. The molecular formula is C16H27N3O3. The van der Waals surface area contributed by atoms with Gasteiger partial charge in [0.05, 0.1) is 11.8 Å². The second kappa shape index (κ2) is 7.22. The highest BCUT2D eigenvalue weighted by atomic mass is 16.2. The van der Waals surface area contributed by atoms with Gasteiger partial charge in [-0.25, -0.2) is 0 Å². The largest absolute Gasteiger partial charge is 0.351 e. The Morgan fingerprint density at radius 2 is 1.77 bits per heavy atom. The molecule has 124 valence electrons. The van der Waals surface area contributed by atoms with Gasteiger partial charge in [0, 0.05) is 12.6 Å². The van der Waals surface area contributed by atoms with Gasteiger partial charge in [0.1, 0.15) is 6.54 Å². The molecule has 1 aliphatic carbocycles. The Morgan fingerprint density at radius 3 is 2.23 bits per heavy atom. The first-order chi connectivity index (χ1) is 10.4. The van der Waals surface area contributed by atoms with Gasteiger partial charge in [0.15, 0.2) is 0 Å². The fourth-order valence-corrected chi connectivity index (χ4v) is 3.59. The van der Waals surface area contributed by atoms with Gasteiger partial charge >= 0.3 is 0 Å². The van der Waals surface area contributed by atoms with Crippen molar-refractivity contribution in [2.45, 2.75) is 52.0 Å². The number of likely N-dealkylation sites (tertiary alicyclic amines) is 1. The van der Waals surface area contributed by atoms with Crippen molar-refractivity contribution in [2.24, 2.45) is 23.5 Å². The Hall–Kier alpha value is -1.43. The third kappa shape index (κ3) is 3.66. The van der Waals surface area contributed by atoms with Crippen molar-refractivity contribution in [3.63, 3.8) is 0 Å². The normalized spacial score (nSPS) is 26.3. The van der Waals surface area contributed by atoms with Crippen LogP contribution in [0, 0.1) is 17.8 Å². The summed E-state index contributed by atoms with van der Waals surface area (Å²) >= 11 is 0. The third-order valence-corrected chi connectivity index (χ3v) is 4.64. The zero-order chi connectivity index (χ0) is 16.3. The van der Waals surface area contributed by atoms with E-state index < -0.39 is 0 Å². The van der Waals surface area contributed by atoms with E-state index in [1.54, 1.807) is 0 Å². The topological polar surface area (TPSA) is 92.5 Å². The molecule has 0 bridgehead atoms. The highest BCUT2D eigenvalue weighted by Gasteiger charge is 2.48. The van der Waals surface area contributed by atoms with Gasteiger partial charge in [-0.1, -0.05) is 26.7 Å². The highest BCUT2D eigenvalue weighted by molar-refractivity contribution is 6.07. The summed E-state index contributed by atoms with van der Waals surface area (Å²) in [7, 11) is 0. The van der Waals surface area contributed by atoms with Gasteiger partial charge < -0.3 is 11.1 Å². The minimum absolute atomic E-state index is 0.109. The first kappa shape index (κ1) is 16.9. The van der Waals surface area contributed by atoms with E-state index in [2.05, 4.69) is 19.2 Å². The second-order valence-electron chi connectivity index (χ2n) is 6.89. The SMILES string of the molecule is CC(C)CC(CN)NC(=O)CN1C(=O)C2CCCCC2C1=O. The Kier molecular flexibility index (Phi) is 5.56. The molecule has 1 aliphatic heterocycles. The molecule has 0 spiro atoms. The number of nitrogens with two attached hydrogens (primary N) is 1. The lowest BCUT2D eigenvalue weighted by Crippen LogP contribution is -2.47. The molecule has 0 aromatic rings. The number of rotatable bonds is 6. The molecule has 6 nitrogen and oxygen atoms in total. The molecule has 0 aromatic heterocycles. The van der Waals surface area contributed by atoms with Crippen LogP contribution in [0.4, 0.5) is 0 Å². The Balaban J connectivity index is 1.93. The maximum Gasteiger partial charge on any atom is 0.240 e. The van der Waals surface area contributed by atoms with Crippen molar-refractivity contribution in [3.8, 4) is 0 Å². The quantitative estimate of drug-likeness (QED) is 0.705. The molecule has 2 fully saturated rings. The molecule has 3 N–H and O–H groups in total. The summed E-state index contributed by atoms with van der Waals surface area (Å²) in [4.78, 5) is 37.9. The van der Waals surface area contributed by atoms with Crippen LogP contribution in [-0.4, -0.2) is 41.8 Å². The standard InChI is InChI=1S/C16H27N3O3/c1-10(2)7-11(8-17)18-14(20)9-19-15(21)12-5-3-4-6-13(12)16(19)22/h10-13H,3-9,17H2,1-2H3,(H,18,20). The number of hydrogen-bond acceptors (Lipinski definition) is 4. The average molecular weight is 309 g/mol. The van der Waals surface area contributed by atoms with Gasteiger partial charge in [0.25, 0.3) is 0 Å². The number of carbonyl (C=O) groups is 3. The zero-order valence-corrected chi connectivity index (χ0v) is 13.5. The molecule has 2 rings (SSSR count). The monoisotopic (exact) mass is 309 g/mol. The smallest absolute Gasteiger partial charge is 0.240 e. The Labute approximate surface area is 131 Å².